The fourth-order valence-electron chi connectivity index (χ4n) is 3.73. The number of rotatable bonds is 5. The van der Waals surface area contributed by atoms with Gasteiger partial charge >= 0.3 is 0 Å². The summed E-state index contributed by atoms with van der Waals surface area (Å²) in [5.74, 6) is -0.611. The number of nitrogens with zero attached hydrogens (tertiary/aromatic N) is 1. The molecule has 3 aliphatic rings. The molecule has 0 aromatic heterocycles. The molecule has 1 saturated heterocycles. The standard InChI is InChI=1S/C18H26N2O4/c1-10(2)22-16-15-12(5)9-18(16,23-11(3)4)24-17(15)20-8-7-14(21)19-13(20)6/h7-8,10-11,15-17H,5-6,9H2,1-4H3,(H,19,21)/t15-,16-,17+,18+/m0/s1. The maximum Gasteiger partial charge on any atom is 0.250 e. The third-order valence-corrected chi connectivity index (χ3v) is 4.43. The fourth-order valence-corrected chi connectivity index (χ4v) is 3.73. The predicted octanol–water partition coefficient (Wildman–Crippen LogP) is 2.25. The molecule has 1 aliphatic carbocycles. The van der Waals surface area contributed by atoms with Crippen molar-refractivity contribution in [2.24, 2.45) is 5.92 Å². The van der Waals surface area contributed by atoms with Crippen molar-refractivity contribution in [1.29, 1.82) is 0 Å². The maximum atomic E-state index is 11.5. The number of hydrogen-bond acceptors (Lipinski definition) is 5. The Kier molecular flexibility index (Phi) is 4.32. The van der Waals surface area contributed by atoms with Crippen molar-refractivity contribution in [3.63, 3.8) is 0 Å². The number of fused-ring (bicyclic) bond motifs is 2. The zero-order chi connectivity index (χ0) is 17.6. The molecular formula is C18H26N2O4. The summed E-state index contributed by atoms with van der Waals surface area (Å²) in [6.07, 6.45) is 3.19. The Bertz CT molecular complexity index is 598. The summed E-state index contributed by atoms with van der Waals surface area (Å²) in [4.78, 5) is 13.3. The highest BCUT2D eigenvalue weighted by molar-refractivity contribution is 5.89. The van der Waals surface area contributed by atoms with Gasteiger partial charge in [0.25, 0.3) is 5.91 Å². The Balaban J connectivity index is 1.94. The van der Waals surface area contributed by atoms with Crippen molar-refractivity contribution >= 4 is 5.91 Å². The molecule has 2 heterocycles. The lowest BCUT2D eigenvalue weighted by atomic mass is 9.99. The van der Waals surface area contributed by atoms with E-state index in [1.807, 2.05) is 32.6 Å². The SMILES string of the molecule is C=C1C[C@@]2(OC(C)C)O[C@@H](N3C=CC(=O)NC3=C)[C@@H]1[C@@H]2OC(C)C. The van der Waals surface area contributed by atoms with Crippen LogP contribution in [-0.2, 0) is 19.0 Å². The van der Waals surface area contributed by atoms with Crippen molar-refractivity contribution in [2.75, 3.05) is 0 Å². The van der Waals surface area contributed by atoms with E-state index in [1.165, 1.54) is 6.08 Å². The molecule has 0 aromatic carbocycles. The third kappa shape index (κ3) is 2.79. The van der Waals surface area contributed by atoms with Crippen molar-refractivity contribution < 1.29 is 19.0 Å². The lowest BCUT2D eigenvalue weighted by Crippen LogP contribution is -2.47. The first-order chi connectivity index (χ1) is 11.2. The second-order valence-corrected chi connectivity index (χ2v) is 7.11. The van der Waals surface area contributed by atoms with E-state index in [2.05, 4.69) is 18.5 Å². The largest absolute Gasteiger partial charge is 0.369 e. The van der Waals surface area contributed by atoms with Crippen molar-refractivity contribution in [1.82, 2.24) is 10.2 Å². The molecule has 4 atom stereocenters. The highest BCUT2D eigenvalue weighted by Crippen LogP contribution is 2.54. The molecule has 24 heavy (non-hydrogen) atoms. The first-order valence-corrected chi connectivity index (χ1v) is 8.38. The highest BCUT2D eigenvalue weighted by atomic mass is 16.7. The van der Waals surface area contributed by atoms with Gasteiger partial charge in [0.15, 0.2) is 0 Å². The van der Waals surface area contributed by atoms with Gasteiger partial charge in [-0.05, 0) is 27.7 Å². The van der Waals surface area contributed by atoms with Crippen LogP contribution in [0.4, 0.5) is 0 Å². The zero-order valence-corrected chi connectivity index (χ0v) is 14.7. The van der Waals surface area contributed by atoms with Crippen molar-refractivity contribution in [3.05, 3.63) is 36.8 Å². The summed E-state index contributed by atoms with van der Waals surface area (Å²) in [6.45, 7) is 16.1. The van der Waals surface area contributed by atoms with Crippen LogP contribution in [0.1, 0.15) is 34.1 Å². The molecule has 6 nitrogen and oxygen atoms in total. The highest BCUT2D eigenvalue weighted by Gasteiger charge is 2.65. The average Bonchev–Trinajstić information content (AvgIpc) is 2.84. The Morgan fingerprint density at radius 3 is 2.62 bits per heavy atom. The molecule has 0 radical (unpaired) electrons. The topological polar surface area (TPSA) is 60.0 Å². The van der Waals surface area contributed by atoms with Crippen LogP contribution in [0.3, 0.4) is 0 Å². The van der Waals surface area contributed by atoms with E-state index in [4.69, 9.17) is 14.2 Å². The van der Waals surface area contributed by atoms with Crippen LogP contribution in [-0.4, -0.2) is 41.1 Å². The smallest absolute Gasteiger partial charge is 0.250 e. The number of hydrogen-bond donors (Lipinski definition) is 1. The van der Waals surface area contributed by atoms with Crippen molar-refractivity contribution in [3.8, 4) is 0 Å². The summed E-state index contributed by atoms with van der Waals surface area (Å²) in [5, 5.41) is 2.70. The Hall–Kier alpha value is -1.63. The third-order valence-electron chi connectivity index (χ3n) is 4.43. The number of carbonyl (C=O) groups excluding carboxylic acids is 1. The van der Waals surface area contributed by atoms with Crippen LogP contribution < -0.4 is 5.32 Å². The quantitative estimate of drug-likeness (QED) is 0.782. The number of carbonyl (C=O) groups is 1. The van der Waals surface area contributed by atoms with E-state index in [-0.39, 0.29) is 36.4 Å². The molecule has 132 valence electrons. The minimum Gasteiger partial charge on any atom is -0.369 e. The molecular weight excluding hydrogens is 308 g/mol. The van der Waals surface area contributed by atoms with Gasteiger partial charge in [-0.25, -0.2) is 0 Å². The second kappa shape index (κ2) is 6.02. The van der Waals surface area contributed by atoms with Gasteiger partial charge in [0.2, 0.25) is 5.79 Å². The van der Waals surface area contributed by atoms with Gasteiger partial charge in [0.1, 0.15) is 18.2 Å². The van der Waals surface area contributed by atoms with E-state index in [1.54, 1.807) is 6.20 Å². The van der Waals surface area contributed by atoms with Gasteiger partial charge in [-0.15, -0.1) is 0 Å². The van der Waals surface area contributed by atoms with Gasteiger partial charge < -0.3 is 24.4 Å². The van der Waals surface area contributed by atoms with Gasteiger partial charge in [0.05, 0.1) is 18.1 Å². The fraction of sp³-hybridized carbons (Fsp3) is 0.611. The molecule has 0 spiro atoms. The second-order valence-electron chi connectivity index (χ2n) is 7.11. The Morgan fingerprint density at radius 2 is 2.04 bits per heavy atom. The summed E-state index contributed by atoms with van der Waals surface area (Å²) < 4.78 is 18.7. The molecule has 2 bridgehead atoms. The van der Waals surface area contributed by atoms with E-state index in [9.17, 15) is 4.79 Å². The van der Waals surface area contributed by atoms with Crippen LogP contribution in [0.15, 0.2) is 36.8 Å². The van der Waals surface area contributed by atoms with Gasteiger partial charge in [-0.1, -0.05) is 18.7 Å². The number of nitrogens with one attached hydrogen (secondary N) is 1. The lowest BCUT2D eigenvalue weighted by Gasteiger charge is -2.39. The minimum absolute atomic E-state index is 0.00614. The van der Waals surface area contributed by atoms with E-state index < -0.39 is 5.79 Å². The van der Waals surface area contributed by atoms with Crippen LogP contribution in [0.25, 0.3) is 0 Å². The number of amides is 1. The maximum absolute atomic E-state index is 11.5. The first-order valence-electron chi connectivity index (χ1n) is 8.38. The van der Waals surface area contributed by atoms with Gasteiger partial charge in [-0.3, -0.25) is 4.79 Å². The van der Waals surface area contributed by atoms with Gasteiger partial charge in [-0.2, -0.15) is 0 Å². The van der Waals surface area contributed by atoms with Crippen molar-refractivity contribution in [2.45, 2.75) is 64.4 Å². The normalized spacial score (nSPS) is 35.5. The summed E-state index contributed by atoms with van der Waals surface area (Å²) in [6, 6.07) is 0. The van der Waals surface area contributed by atoms with E-state index in [0.717, 1.165) is 5.57 Å². The molecule has 0 aromatic rings. The first kappa shape index (κ1) is 17.2. The molecule has 2 fully saturated rings. The summed E-state index contributed by atoms with van der Waals surface area (Å²) in [5.41, 5.74) is 1.04. The monoisotopic (exact) mass is 334 g/mol. The molecule has 1 saturated carbocycles. The van der Waals surface area contributed by atoms with E-state index in [0.29, 0.717) is 12.2 Å². The van der Waals surface area contributed by atoms with Crippen LogP contribution in [0.2, 0.25) is 0 Å². The Labute approximate surface area is 143 Å². The zero-order valence-electron chi connectivity index (χ0n) is 14.7. The number of ether oxygens (including phenoxy) is 3. The minimum atomic E-state index is -0.847. The van der Waals surface area contributed by atoms with Crippen LogP contribution >= 0.6 is 0 Å². The van der Waals surface area contributed by atoms with Crippen LogP contribution in [0.5, 0.6) is 0 Å². The van der Waals surface area contributed by atoms with Crippen LogP contribution in [0, 0.1) is 5.92 Å². The molecule has 0 unspecified atom stereocenters. The predicted molar refractivity (Wildman–Crippen MR) is 89.3 cm³/mol. The average molecular weight is 334 g/mol. The Morgan fingerprint density at radius 1 is 1.33 bits per heavy atom. The summed E-state index contributed by atoms with van der Waals surface area (Å²) >= 11 is 0. The molecule has 6 heteroatoms. The van der Waals surface area contributed by atoms with Gasteiger partial charge in [0, 0.05) is 18.7 Å². The summed E-state index contributed by atoms with van der Waals surface area (Å²) in [7, 11) is 0. The molecule has 2 aliphatic heterocycles. The molecule has 3 rings (SSSR count). The molecule has 1 amide bonds. The lowest BCUT2D eigenvalue weighted by molar-refractivity contribution is -0.288. The van der Waals surface area contributed by atoms with E-state index >= 15 is 0 Å². The molecule has 1 N–H and O–H groups in total.